The molecule has 0 aliphatic carbocycles. The quantitative estimate of drug-likeness (QED) is 0.837. The van der Waals surface area contributed by atoms with E-state index in [1.54, 1.807) is 0 Å². The summed E-state index contributed by atoms with van der Waals surface area (Å²) in [6, 6.07) is 5.92. The molecule has 2 aromatic rings. The van der Waals surface area contributed by atoms with E-state index in [0.717, 1.165) is 34.5 Å². The van der Waals surface area contributed by atoms with Gasteiger partial charge in [-0.15, -0.1) is 0 Å². The number of pyridine rings is 1. The van der Waals surface area contributed by atoms with E-state index in [2.05, 4.69) is 27.2 Å². The number of hydrogen-bond acceptors (Lipinski definition) is 5. The van der Waals surface area contributed by atoms with Crippen LogP contribution in [-0.4, -0.2) is 21.5 Å². The smallest absolute Gasteiger partial charge is 0.193 e. The predicted molar refractivity (Wildman–Crippen MR) is 73.9 cm³/mol. The fourth-order valence-corrected chi connectivity index (χ4v) is 2.04. The van der Waals surface area contributed by atoms with Crippen LogP contribution in [0.15, 0.2) is 40.8 Å². The predicted octanol–water partition coefficient (Wildman–Crippen LogP) is 3.15. The zero-order valence-electron chi connectivity index (χ0n) is 10.6. The Morgan fingerprint density at radius 1 is 1.22 bits per heavy atom. The molecule has 0 bridgehead atoms. The Labute approximate surface area is 111 Å². The molecule has 2 heterocycles. The van der Waals surface area contributed by atoms with Gasteiger partial charge < -0.3 is 5.32 Å². The Kier molecular flexibility index (Phi) is 4.52. The van der Waals surface area contributed by atoms with Gasteiger partial charge in [-0.2, -0.15) is 0 Å². The zero-order chi connectivity index (χ0) is 12.8. The van der Waals surface area contributed by atoms with E-state index in [4.69, 9.17) is 0 Å². The van der Waals surface area contributed by atoms with Gasteiger partial charge >= 0.3 is 0 Å². The highest BCUT2D eigenvalue weighted by Gasteiger charge is 2.02. The van der Waals surface area contributed by atoms with Crippen LogP contribution in [0.4, 0.5) is 5.82 Å². The lowest BCUT2D eigenvalue weighted by atomic mass is 10.4. The van der Waals surface area contributed by atoms with Crippen LogP contribution in [0.3, 0.4) is 0 Å². The minimum atomic E-state index is 0.723. The van der Waals surface area contributed by atoms with Crippen LogP contribution in [0.25, 0.3) is 0 Å². The molecule has 5 heteroatoms. The molecule has 0 aliphatic rings. The van der Waals surface area contributed by atoms with Crippen molar-refractivity contribution in [3.63, 3.8) is 0 Å². The van der Waals surface area contributed by atoms with E-state index < -0.39 is 0 Å². The molecule has 0 aliphatic heterocycles. The first-order valence-corrected chi connectivity index (χ1v) is 6.77. The highest BCUT2D eigenvalue weighted by atomic mass is 32.2. The fourth-order valence-electron chi connectivity index (χ4n) is 1.35. The van der Waals surface area contributed by atoms with Crippen molar-refractivity contribution in [3.05, 3.63) is 36.2 Å². The second-order valence-corrected chi connectivity index (χ2v) is 4.92. The van der Waals surface area contributed by atoms with Crippen molar-refractivity contribution in [3.8, 4) is 0 Å². The first-order chi connectivity index (χ1) is 8.78. The molecule has 0 amide bonds. The molecular formula is C13H16N4S. The van der Waals surface area contributed by atoms with Crippen LogP contribution < -0.4 is 5.32 Å². The van der Waals surface area contributed by atoms with Crippen molar-refractivity contribution in [2.45, 2.75) is 30.5 Å². The summed E-state index contributed by atoms with van der Waals surface area (Å²) in [6.45, 7) is 5.04. The Morgan fingerprint density at radius 2 is 2.00 bits per heavy atom. The van der Waals surface area contributed by atoms with Crippen molar-refractivity contribution in [2.24, 2.45) is 0 Å². The average Bonchev–Trinajstić information content (AvgIpc) is 2.40. The molecule has 18 heavy (non-hydrogen) atoms. The van der Waals surface area contributed by atoms with Gasteiger partial charge in [0.15, 0.2) is 5.16 Å². The third kappa shape index (κ3) is 3.70. The van der Waals surface area contributed by atoms with Crippen LogP contribution in [0, 0.1) is 6.92 Å². The maximum Gasteiger partial charge on any atom is 0.193 e. The zero-order valence-corrected chi connectivity index (χ0v) is 11.4. The molecule has 0 aromatic carbocycles. The summed E-state index contributed by atoms with van der Waals surface area (Å²) in [6.07, 6.45) is 4.71. The lowest BCUT2D eigenvalue weighted by Gasteiger charge is -2.05. The lowest BCUT2D eigenvalue weighted by Crippen LogP contribution is -2.01. The highest BCUT2D eigenvalue weighted by Crippen LogP contribution is 2.23. The number of hydrogen-bond donors (Lipinski definition) is 1. The van der Waals surface area contributed by atoms with E-state index in [1.807, 2.05) is 37.5 Å². The van der Waals surface area contributed by atoms with Gasteiger partial charge in [-0.3, -0.25) is 0 Å². The molecule has 1 N–H and O–H groups in total. The number of nitrogens with one attached hydrogen (secondary N) is 1. The normalized spacial score (nSPS) is 10.3. The fraction of sp³-hybridized carbons (Fsp3) is 0.308. The highest BCUT2D eigenvalue weighted by molar-refractivity contribution is 7.99. The van der Waals surface area contributed by atoms with Gasteiger partial charge in [-0.1, -0.05) is 13.0 Å². The van der Waals surface area contributed by atoms with Crippen molar-refractivity contribution < 1.29 is 0 Å². The monoisotopic (exact) mass is 260 g/mol. The van der Waals surface area contributed by atoms with Crippen LogP contribution in [-0.2, 0) is 0 Å². The minimum Gasteiger partial charge on any atom is -0.370 e. The van der Waals surface area contributed by atoms with Crippen molar-refractivity contribution in [1.82, 2.24) is 15.0 Å². The minimum absolute atomic E-state index is 0.723. The van der Waals surface area contributed by atoms with Gasteiger partial charge in [0, 0.05) is 18.9 Å². The number of anilines is 1. The number of aromatic nitrogens is 3. The molecule has 94 valence electrons. The van der Waals surface area contributed by atoms with Gasteiger partial charge in [-0.05, 0) is 42.8 Å². The van der Waals surface area contributed by atoms with Crippen LogP contribution in [0.5, 0.6) is 0 Å². The molecule has 0 spiro atoms. The van der Waals surface area contributed by atoms with Crippen LogP contribution in [0.1, 0.15) is 18.9 Å². The van der Waals surface area contributed by atoms with Gasteiger partial charge in [-0.25, -0.2) is 15.0 Å². The summed E-state index contributed by atoms with van der Waals surface area (Å²) in [5.74, 6) is 0.897. The Morgan fingerprint density at radius 3 is 2.72 bits per heavy atom. The van der Waals surface area contributed by atoms with E-state index in [1.165, 1.54) is 11.8 Å². The topological polar surface area (TPSA) is 50.7 Å². The summed E-state index contributed by atoms with van der Waals surface area (Å²) < 4.78 is 0. The Balaban J connectivity index is 2.06. The van der Waals surface area contributed by atoms with E-state index in [9.17, 15) is 0 Å². The second kappa shape index (κ2) is 6.35. The maximum absolute atomic E-state index is 4.50. The lowest BCUT2D eigenvalue weighted by molar-refractivity contribution is 0.939. The molecule has 4 nitrogen and oxygen atoms in total. The number of aryl methyl sites for hydroxylation is 1. The Bertz CT molecular complexity index is 499. The van der Waals surface area contributed by atoms with E-state index in [-0.39, 0.29) is 0 Å². The number of nitrogens with zero attached hydrogens (tertiary/aromatic N) is 3. The SMILES string of the molecule is CCCNc1cccc(Sc2ncc(C)cn2)n1. The average molecular weight is 260 g/mol. The third-order valence-corrected chi connectivity index (χ3v) is 3.06. The van der Waals surface area contributed by atoms with Gasteiger partial charge in [0.2, 0.25) is 0 Å². The van der Waals surface area contributed by atoms with Gasteiger partial charge in [0.1, 0.15) is 10.8 Å². The van der Waals surface area contributed by atoms with Crippen molar-refractivity contribution >= 4 is 17.6 Å². The molecule has 0 fully saturated rings. The summed E-state index contributed by atoms with van der Waals surface area (Å²) in [5, 5.41) is 4.89. The first kappa shape index (κ1) is 12.8. The van der Waals surface area contributed by atoms with Crippen molar-refractivity contribution in [2.75, 3.05) is 11.9 Å². The van der Waals surface area contributed by atoms with Crippen LogP contribution >= 0.6 is 11.8 Å². The Hall–Kier alpha value is -1.62. The second-order valence-electron chi connectivity index (χ2n) is 3.93. The van der Waals surface area contributed by atoms with E-state index in [0.29, 0.717) is 0 Å². The summed E-state index contributed by atoms with van der Waals surface area (Å²) in [5.41, 5.74) is 1.06. The molecule has 0 radical (unpaired) electrons. The largest absolute Gasteiger partial charge is 0.370 e. The molecule has 2 rings (SSSR count). The van der Waals surface area contributed by atoms with Gasteiger partial charge in [0.25, 0.3) is 0 Å². The molecule has 0 unspecified atom stereocenters. The molecule has 0 saturated heterocycles. The molecule has 2 aromatic heterocycles. The summed E-state index contributed by atoms with van der Waals surface area (Å²) >= 11 is 1.47. The van der Waals surface area contributed by atoms with Gasteiger partial charge in [0.05, 0.1) is 0 Å². The summed E-state index contributed by atoms with van der Waals surface area (Å²) in [7, 11) is 0. The van der Waals surface area contributed by atoms with E-state index >= 15 is 0 Å². The van der Waals surface area contributed by atoms with Crippen LogP contribution in [0.2, 0.25) is 0 Å². The summed E-state index contributed by atoms with van der Waals surface area (Å²) in [4.78, 5) is 13.0. The molecular weight excluding hydrogens is 244 g/mol. The maximum atomic E-state index is 4.50. The molecule has 0 atom stereocenters. The number of rotatable bonds is 5. The molecule has 0 saturated carbocycles. The van der Waals surface area contributed by atoms with Crippen molar-refractivity contribution in [1.29, 1.82) is 0 Å². The first-order valence-electron chi connectivity index (χ1n) is 5.95. The third-order valence-electron chi connectivity index (χ3n) is 2.23. The standard InChI is InChI=1S/C13H16N4S/c1-3-7-14-11-5-4-6-12(17-11)18-13-15-8-10(2)9-16-13/h4-6,8-9H,3,7H2,1-2H3,(H,14,17).